The van der Waals surface area contributed by atoms with E-state index in [1.54, 1.807) is 58.8 Å². The summed E-state index contributed by atoms with van der Waals surface area (Å²) in [6.07, 6.45) is 4.95. The van der Waals surface area contributed by atoms with Gasteiger partial charge in [0.2, 0.25) is 11.8 Å². The van der Waals surface area contributed by atoms with Gasteiger partial charge in [0, 0.05) is 47.8 Å². The number of piperidine rings is 1. The first-order chi connectivity index (χ1) is 16.6. The van der Waals surface area contributed by atoms with Crippen LogP contribution >= 0.6 is 11.3 Å². The van der Waals surface area contributed by atoms with Gasteiger partial charge in [-0.25, -0.2) is 4.98 Å². The van der Waals surface area contributed by atoms with Crippen molar-refractivity contribution in [3.05, 3.63) is 76.6 Å². The van der Waals surface area contributed by atoms with Gasteiger partial charge < -0.3 is 15.5 Å². The third kappa shape index (κ3) is 6.51. The number of nitrogens with zero attached hydrogens (tertiary/aromatic N) is 2. The van der Waals surface area contributed by atoms with Crippen molar-refractivity contribution in [3.63, 3.8) is 0 Å². The van der Waals surface area contributed by atoms with Gasteiger partial charge in [-0.15, -0.1) is 11.3 Å². The Bertz CT molecular complexity index is 1110. The highest BCUT2D eigenvalue weighted by Crippen LogP contribution is 2.22. The lowest BCUT2D eigenvalue weighted by Crippen LogP contribution is -2.41. The summed E-state index contributed by atoms with van der Waals surface area (Å²) in [7, 11) is 0. The molecule has 0 radical (unpaired) electrons. The molecule has 1 aromatic carbocycles. The quantitative estimate of drug-likeness (QED) is 0.497. The second-order valence-electron chi connectivity index (χ2n) is 8.33. The SMILES string of the molecule is O=C(CCCc1cccs1)Nc1cccc(C(=O)N2CCC(C(=O)Nc3ccccn3)CC2)c1. The van der Waals surface area contributed by atoms with Crippen LogP contribution in [0.25, 0.3) is 0 Å². The molecule has 3 aromatic rings. The zero-order valence-corrected chi connectivity index (χ0v) is 19.7. The number of pyridine rings is 1. The van der Waals surface area contributed by atoms with Gasteiger partial charge in [0.05, 0.1) is 0 Å². The van der Waals surface area contributed by atoms with Crippen LogP contribution in [0.15, 0.2) is 66.2 Å². The fourth-order valence-corrected chi connectivity index (χ4v) is 4.78. The number of amides is 3. The van der Waals surface area contributed by atoms with Gasteiger partial charge in [-0.05, 0) is 67.5 Å². The van der Waals surface area contributed by atoms with E-state index >= 15 is 0 Å². The lowest BCUT2D eigenvalue weighted by atomic mass is 9.95. The van der Waals surface area contributed by atoms with Crippen LogP contribution in [0.5, 0.6) is 0 Å². The number of carbonyl (C=O) groups excluding carboxylic acids is 3. The fraction of sp³-hybridized carbons (Fsp3) is 0.308. The number of hydrogen-bond donors (Lipinski definition) is 2. The van der Waals surface area contributed by atoms with E-state index in [0.717, 1.165) is 12.8 Å². The summed E-state index contributed by atoms with van der Waals surface area (Å²) >= 11 is 1.70. The van der Waals surface area contributed by atoms with Gasteiger partial charge in [-0.1, -0.05) is 18.2 Å². The molecular formula is C26H28N4O3S. The zero-order valence-electron chi connectivity index (χ0n) is 18.9. The van der Waals surface area contributed by atoms with E-state index < -0.39 is 0 Å². The smallest absolute Gasteiger partial charge is 0.253 e. The molecule has 2 aromatic heterocycles. The fourth-order valence-electron chi connectivity index (χ4n) is 4.02. The van der Waals surface area contributed by atoms with Crippen LogP contribution in [0, 0.1) is 5.92 Å². The number of aromatic nitrogens is 1. The summed E-state index contributed by atoms with van der Waals surface area (Å²) in [6, 6.07) is 16.5. The number of benzene rings is 1. The minimum atomic E-state index is -0.147. The number of hydrogen-bond acceptors (Lipinski definition) is 5. The van der Waals surface area contributed by atoms with E-state index in [4.69, 9.17) is 0 Å². The van der Waals surface area contributed by atoms with E-state index in [1.807, 2.05) is 17.5 Å². The van der Waals surface area contributed by atoms with E-state index in [-0.39, 0.29) is 23.6 Å². The Morgan fingerprint density at radius 1 is 1.00 bits per heavy atom. The number of carbonyl (C=O) groups is 3. The lowest BCUT2D eigenvalue weighted by molar-refractivity contribution is -0.121. The maximum atomic E-state index is 13.0. The number of thiophene rings is 1. The molecule has 1 saturated heterocycles. The van der Waals surface area contributed by atoms with Gasteiger partial charge in [-0.3, -0.25) is 14.4 Å². The van der Waals surface area contributed by atoms with Crippen molar-refractivity contribution in [1.29, 1.82) is 0 Å². The Morgan fingerprint density at radius 3 is 2.59 bits per heavy atom. The molecule has 0 saturated carbocycles. The molecule has 34 heavy (non-hydrogen) atoms. The maximum Gasteiger partial charge on any atom is 0.253 e. The van der Waals surface area contributed by atoms with Crippen molar-refractivity contribution >= 4 is 40.6 Å². The van der Waals surface area contributed by atoms with Crippen LogP contribution in [0.4, 0.5) is 11.5 Å². The Hall–Kier alpha value is -3.52. The molecule has 176 valence electrons. The van der Waals surface area contributed by atoms with Gasteiger partial charge in [0.15, 0.2) is 0 Å². The third-order valence-corrected chi connectivity index (χ3v) is 6.81. The summed E-state index contributed by atoms with van der Waals surface area (Å²) in [5.41, 5.74) is 1.16. The number of rotatable bonds is 8. The Kier molecular flexibility index (Phi) is 8.04. The van der Waals surface area contributed by atoms with Gasteiger partial charge in [0.25, 0.3) is 5.91 Å². The molecule has 0 unspecified atom stereocenters. The molecule has 0 spiro atoms. The van der Waals surface area contributed by atoms with Crippen LogP contribution in [0.2, 0.25) is 0 Å². The highest BCUT2D eigenvalue weighted by atomic mass is 32.1. The molecule has 4 rings (SSSR count). The largest absolute Gasteiger partial charge is 0.339 e. The first-order valence-electron chi connectivity index (χ1n) is 11.5. The molecule has 3 heterocycles. The number of aryl methyl sites for hydroxylation is 1. The lowest BCUT2D eigenvalue weighted by Gasteiger charge is -2.31. The minimum absolute atomic E-state index is 0.0547. The number of nitrogens with one attached hydrogen (secondary N) is 2. The number of likely N-dealkylation sites (tertiary alicyclic amines) is 1. The predicted molar refractivity (Wildman–Crippen MR) is 134 cm³/mol. The van der Waals surface area contributed by atoms with Crippen LogP contribution in [-0.4, -0.2) is 40.7 Å². The van der Waals surface area contributed by atoms with Gasteiger partial charge in [0.1, 0.15) is 5.82 Å². The summed E-state index contributed by atoms with van der Waals surface area (Å²) in [4.78, 5) is 45.0. The molecular weight excluding hydrogens is 448 g/mol. The van der Waals surface area contributed by atoms with E-state index in [0.29, 0.717) is 49.4 Å². The molecule has 0 aliphatic carbocycles. The van der Waals surface area contributed by atoms with E-state index in [9.17, 15) is 14.4 Å². The predicted octanol–water partition coefficient (Wildman–Crippen LogP) is 4.60. The van der Waals surface area contributed by atoms with Crippen molar-refractivity contribution in [2.24, 2.45) is 5.92 Å². The van der Waals surface area contributed by atoms with Crippen molar-refractivity contribution in [1.82, 2.24) is 9.88 Å². The van der Waals surface area contributed by atoms with Crippen LogP contribution in [0.3, 0.4) is 0 Å². The molecule has 7 nitrogen and oxygen atoms in total. The first-order valence-corrected chi connectivity index (χ1v) is 12.4. The summed E-state index contributed by atoms with van der Waals surface area (Å²) in [5, 5.41) is 7.78. The van der Waals surface area contributed by atoms with Crippen molar-refractivity contribution < 1.29 is 14.4 Å². The zero-order chi connectivity index (χ0) is 23.8. The second kappa shape index (κ2) is 11.6. The van der Waals surface area contributed by atoms with Gasteiger partial charge >= 0.3 is 0 Å². The highest BCUT2D eigenvalue weighted by Gasteiger charge is 2.28. The molecule has 0 bridgehead atoms. The molecule has 1 aliphatic heterocycles. The first kappa shape index (κ1) is 23.6. The molecule has 8 heteroatoms. The Balaban J connectivity index is 1.25. The normalized spacial score (nSPS) is 13.9. The monoisotopic (exact) mass is 476 g/mol. The van der Waals surface area contributed by atoms with Crippen molar-refractivity contribution in [2.75, 3.05) is 23.7 Å². The summed E-state index contributed by atoms with van der Waals surface area (Å²) in [5.74, 6) is 0.190. The number of anilines is 2. The topological polar surface area (TPSA) is 91.4 Å². The van der Waals surface area contributed by atoms with E-state index in [2.05, 4.69) is 21.7 Å². The van der Waals surface area contributed by atoms with Crippen molar-refractivity contribution in [3.8, 4) is 0 Å². The van der Waals surface area contributed by atoms with Crippen LogP contribution in [0.1, 0.15) is 40.9 Å². The Morgan fingerprint density at radius 2 is 1.85 bits per heavy atom. The minimum Gasteiger partial charge on any atom is -0.339 e. The Labute approximate surface area is 203 Å². The average Bonchev–Trinajstić information content (AvgIpc) is 3.38. The summed E-state index contributed by atoms with van der Waals surface area (Å²) in [6.45, 7) is 1.02. The second-order valence-corrected chi connectivity index (χ2v) is 9.36. The maximum absolute atomic E-state index is 13.0. The highest BCUT2D eigenvalue weighted by molar-refractivity contribution is 7.09. The molecule has 2 N–H and O–H groups in total. The van der Waals surface area contributed by atoms with Crippen LogP contribution in [-0.2, 0) is 16.0 Å². The summed E-state index contributed by atoms with van der Waals surface area (Å²) < 4.78 is 0. The standard InChI is InChI=1S/C26H28N4O3S/c31-24(11-4-8-22-9-5-17-34-22)28-21-7-3-6-20(18-21)26(33)30-15-12-19(13-16-30)25(32)29-23-10-1-2-14-27-23/h1-3,5-7,9-10,14,17-19H,4,8,11-13,15-16H2,(H,28,31)(H,27,29,32). The average molecular weight is 477 g/mol. The molecule has 3 amide bonds. The third-order valence-electron chi connectivity index (χ3n) is 5.87. The molecule has 1 aliphatic rings. The van der Waals surface area contributed by atoms with Gasteiger partial charge in [-0.2, -0.15) is 0 Å². The van der Waals surface area contributed by atoms with Crippen molar-refractivity contribution in [2.45, 2.75) is 32.1 Å². The van der Waals surface area contributed by atoms with E-state index in [1.165, 1.54) is 4.88 Å². The molecule has 0 atom stereocenters. The van der Waals surface area contributed by atoms with Crippen LogP contribution < -0.4 is 10.6 Å². The molecule has 1 fully saturated rings.